The first-order valence-corrected chi connectivity index (χ1v) is 9.22. The predicted molar refractivity (Wildman–Crippen MR) is 110 cm³/mol. The van der Waals surface area contributed by atoms with E-state index in [0.717, 1.165) is 12.3 Å². The van der Waals surface area contributed by atoms with Crippen molar-refractivity contribution in [1.82, 2.24) is 20.3 Å². The smallest absolute Gasteiger partial charge is 0.433 e. The first kappa shape index (κ1) is 22.5. The predicted octanol–water partition coefficient (Wildman–Crippen LogP) is 4.14. The van der Waals surface area contributed by atoms with Crippen molar-refractivity contribution in [3.63, 3.8) is 0 Å². The zero-order valence-electron chi connectivity index (χ0n) is 16.6. The van der Waals surface area contributed by atoms with Crippen molar-refractivity contribution in [3.8, 4) is 11.1 Å². The van der Waals surface area contributed by atoms with Crippen LogP contribution in [0.25, 0.3) is 11.1 Å². The highest BCUT2D eigenvalue weighted by molar-refractivity contribution is 5.91. The number of pyridine rings is 1. The number of hydrogen-bond acceptors (Lipinski definition) is 6. The van der Waals surface area contributed by atoms with Crippen molar-refractivity contribution in [2.75, 3.05) is 17.2 Å². The summed E-state index contributed by atoms with van der Waals surface area (Å²) in [5.41, 5.74) is 0.378. The molecule has 2 amide bonds. The lowest BCUT2D eigenvalue weighted by molar-refractivity contribution is -0.141. The van der Waals surface area contributed by atoms with Gasteiger partial charge in [0.05, 0.1) is 0 Å². The molecule has 0 bridgehead atoms. The number of hydrogen-bond donors (Lipinski definition) is 4. The van der Waals surface area contributed by atoms with Crippen LogP contribution >= 0.6 is 0 Å². The topological polar surface area (TPSA) is 129 Å². The number of alkyl halides is 3. The number of aromatic carboxylic acids is 1. The lowest BCUT2D eigenvalue weighted by Crippen LogP contribution is -2.28. The molecule has 0 unspecified atom stereocenters. The lowest BCUT2D eigenvalue weighted by Gasteiger charge is -2.13. The number of carbonyl (C=O) groups excluding carboxylic acids is 1. The summed E-state index contributed by atoms with van der Waals surface area (Å²) in [6.45, 7) is 2.12. The van der Waals surface area contributed by atoms with Gasteiger partial charge in [-0.1, -0.05) is 6.07 Å². The molecule has 0 aliphatic heterocycles. The molecule has 4 N–H and O–H groups in total. The third-order valence-corrected chi connectivity index (χ3v) is 4.05. The third kappa shape index (κ3) is 5.68. The van der Waals surface area contributed by atoms with Crippen molar-refractivity contribution >= 4 is 29.3 Å². The van der Waals surface area contributed by atoms with E-state index in [0.29, 0.717) is 23.4 Å². The SMILES string of the molecule is CCNC(=O)Nc1cc(Nc2nccc(C(F)(F)F)n2)cc(-c2ccc(C(=O)O)nc2)c1. The summed E-state index contributed by atoms with van der Waals surface area (Å²) in [5, 5.41) is 16.9. The van der Waals surface area contributed by atoms with Gasteiger partial charge < -0.3 is 21.1 Å². The van der Waals surface area contributed by atoms with E-state index in [2.05, 4.69) is 30.9 Å². The molecule has 0 aliphatic rings. The summed E-state index contributed by atoms with van der Waals surface area (Å²) >= 11 is 0. The second kappa shape index (κ2) is 9.29. The minimum Gasteiger partial charge on any atom is -0.477 e. The van der Waals surface area contributed by atoms with Gasteiger partial charge in [0.15, 0.2) is 0 Å². The van der Waals surface area contributed by atoms with E-state index in [-0.39, 0.29) is 17.3 Å². The Bertz CT molecular complexity index is 1140. The molecule has 0 saturated carbocycles. The van der Waals surface area contributed by atoms with Crippen molar-refractivity contribution in [2.45, 2.75) is 13.1 Å². The maximum absolute atomic E-state index is 12.9. The summed E-state index contributed by atoms with van der Waals surface area (Å²) in [4.78, 5) is 34.1. The van der Waals surface area contributed by atoms with Crippen molar-refractivity contribution < 1.29 is 27.9 Å². The van der Waals surface area contributed by atoms with Gasteiger partial charge >= 0.3 is 18.2 Å². The quantitative estimate of drug-likeness (QED) is 0.448. The van der Waals surface area contributed by atoms with Crippen LogP contribution in [0.15, 0.2) is 48.8 Å². The Morgan fingerprint density at radius 1 is 1.03 bits per heavy atom. The number of nitrogens with one attached hydrogen (secondary N) is 3. The van der Waals surface area contributed by atoms with Gasteiger partial charge in [-0.05, 0) is 42.8 Å². The van der Waals surface area contributed by atoms with Crippen LogP contribution in [0.1, 0.15) is 23.1 Å². The molecular formula is C20H17F3N6O3. The fraction of sp³-hybridized carbons (Fsp3) is 0.150. The largest absolute Gasteiger partial charge is 0.477 e. The molecule has 1 aromatic carbocycles. The Balaban J connectivity index is 1.98. The molecule has 9 nitrogen and oxygen atoms in total. The second-order valence-electron chi connectivity index (χ2n) is 6.41. The Hall–Kier alpha value is -4.22. The molecule has 166 valence electrons. The molecular weight excluding hydrogens is 429 g/mol. The van der Waals surface area contributed by atoms with Crippen LogP contribution in [0.4, 0.5) is 35.3 Å². The second-order valence-corrected chi connectivity index (χ2v) is 6.41. The monoisotopic (exact) mass is 446 g/mol. The Morgan fingerprint density at radius 2 is 1.78 bits per heavy atom. The first-order chi connectivity index (χ1) is 15.2. The highest BCUT2D eigenvalue weighted by atomic mass is 19.4. The van der Waals surface area contributed by atoms with Crippen LogP contribution in [0.2, 0.25) is 0 Å². The molecule has 0 saturated heterocycles. The normalized spacial score (nSPS) is 11.0. The number of carboxylic acid groups (broad SMARTS) is 1. The highest BCUT2D eigenvalue weighted by Crippen LogP contribution is 2.30. The van der Waals surface area contributed by atoms with Crippen LogP contribution in [0.5, 0.6) is 0 Å². The number of carboxylic acids is 1. The van der Waals surface area contributed by atoms with Crippen LogP contribution in [-0.2, 0) is 6.18 Å². The molecule has 12 heteroatoms. The molecule has 3 aromatic rings. The number of rotatable bonds is 6. The van der Waals surface area contributed by atoms with Gasteiger partial charge in [0.1, 0.15) is 11.4 Å². The fourth-order valence-electron chi connectivity index (χ4n) is 2.67. The molecule has 32 heavy (non-hydrogen) atoms. The maximum atomic E-state index is 12.9. The van der Waals surface area contributed by atoms with Crippen molar-refractivity contribution in [2.24, 2.45) is 0 Å². The van der Waals surface area contributed by atoms with Gasteiger partial charge in [-0.25, -0.2) is 24.5 Å². The summed E-state index contributed by atoms with van der Waals surface area (Å²) in [5.74, 6) is -1.48. The number of anilines is 3. The van der Waals surface area contributed by atoms with Crippen LogP contribution in [0.3, 0.4) is 0 Å². The summed E-state index contributed by atoms with van der Waals surface area (Å²) in [6.07, 6.45) is -2.33. The summed E-state index contributed by atoms with van der Waals surface area (Å²) in [7, 11) is 0. The lowest BCUT2D eigenvalue weighted by atomic mass is 10.1. The van der Waals surface area contributed by atoms with Gasteiger partial charge in [0.25, 0.3) is 0 Å². The van der Waals surface area contributed by atoms with E-state index in [1.807, 2.05) is 0 Å². The number of urea groups is 1. The molecule has 0 radical (unpaired) electrons. The van der Waals surface area contributed by atoms with Gasteiger partial charge in [-0.15, -0.1) is 0 Å². The Labute approximate surface area is 179 Å². The van der Waals surface area contributed by atoms with Gasteiger partial charge in [-0.2, -0.15) is 13.2 Å². The minimum absolute atomic E-state index is 0.152. The number of aromatic nitrogens is 3. The molecule has 0 atom stereocenters. The molecule has 0 spiro atoms. The standard InChI is InChI=1S/C20H17F3N6O3/c1-2-24-19(32)28-14-8-12(11-3-4-15(17(30)31)26-10-11)7-13(9-14)27-18-25-6-5-16(29-18)20(21,22)23/h3-10H,2H2,1H3,(H,30,31)(H2,24,28,32)(H,25,27,29). The van der Waals surface area contributed by atoms with Gasteiger partial charge in [-0.3, -0.25) is 0 Å². The average molecular weight is 446 g/mol. The number of carbonyl (C=O) groups is 2. The maximum Gasteiger partial charge on any atom is 0.433 e. The Kier molecular flexibility index (Phi) is 6.52. The number of nitrogens with zero attached hydrogens (tertiary/aromatic N) is 3. The minimum atomic E-state index is -4.64. The number of benzene rings is 1. The average Bonchev–Trinajstić information content (AvgIpc) is 2.73. The Morgan fingerprint density at radius 3 is 2.41 bits per heavy atom. The van der Waals surface area contributed by atoms with Crippen LogP contribution in [-0.4, -0.2) is 38.6 Å². The molecule has 3 rings (SSSR count). The molecule has 2 heterocycles. The highest BCUT2D eigenvalue weighted by Gasteiger charge is 2.32. The summed E-state index contributed by atoms with van der Waals surface area (Å²) < 4.78 is 38.8. The van der Waals surface area contributed by atoms with Gasteiger partial charge in [0.2, 0.25) is 5.95 Å². The van der Waals surface area contributed by atoms with E-state index in [1.165, 1.54) is 24.4 Å². The molecule has 0 aliphatic carbocycles. The van der Waals surface area contributed by atoms with Crippen molar-refractivity contribution in [3.05, 3.63) is 60.2 Å². The van der Waals surface area contributed by atoms with Gasteiger partial charge in [0, 0.05) is 35.9 Å². The summed E-state index contributed by atoms with van der Waals surface area (Å²) in [6, 6.07) is 7.76. The van der Waals surface area contributed by atoms with E-state index in [1.54, 1.807) is 19.1 Å². The van der Waals surface area contributed by atoms with E-state index >= 15 is 0 Å². The van der Waals surface area contributed by atoms with E-state index < -0.39 is 23.9 Å². The van der Waals surface area contributed by atoms with E-state index in [9.17, 15) is 22.8 Å². The van der Waals surface area contributed by atoms with Crippen LogP contribution in [0, 0.1) is 0 Å². The van der Waals surface area contributed by atoms with E-state index in [4.69, 9.17) is 5.11 Å². The third-order valence-electron chi connectivity index (χ3n) is 4.05. The first-order valence-electron chi connectivity index (χ1n) is 9.22. The zero-order valence-corrected chi connectivity index (χ0v) is 16.6. The fourth-order valence-corrected chi connectivity index (χ4v) is 2.67. The van der Waals surface area contributed by atoms with Crippen molar-refractivity contribution in [1.29, 1.82) is 0 Å². The van der Waals surface area contributed by atoms with Crippen LogP contribution < -0.4 is 16.0 Å². The number of halogens is 3. The number of amides is 2. The zero-order chi connectivity index (χ0) is 23.3. The molecule has 0 fully saturated rings. The molecule has 2 aromatic heterocycles.